The summed E-state index contributed by atoms with van der Waals surface area (Å²) >= 11 is 0. The topological polar surface area (TPSA) is 0 Å². The smallest absolute Gasteiger partial charge is 0.00199 e. The molecule has 0 amide bonds. The molecule has 11 aromatic carbocycles. The molecule has 0 atom stereocenters. The van der Waals surface area contributed by atoms with Gasteiger partial charge in [0.25, 0.3) is 0 Å². The van der Waals surface area contributed by atoms with Gasteiger partial charge in [-0.15, -0.1) is 0 Å². The molecule has 234 valence electrons. The minimum Gasteiger partial charge on any atom is -0.0610 e. The van der Waals surface area contributed by atoms with Crippen molar-refractivity contribution in [3.05, 3.63) is 156 Å². The van der Waals surface area contributed by atoms with Gasteiger partial charge < -0.3 is 0 Å². The Morgan fingerprint density at radius 1 is 0.220 bits per heavy atom. The van der Waals surface area contributed by atoms with Crippen LogP contribution in [0.2, 0.25) is 0 Å². The molecule has 0 aliphatic rings. The summed E-state index contributed by atoms with van der Waals surface area (Å²) in [6.45, 7) is 8.77. The van der Waals surface area contributed by atoms with Crippen molar-refractivity contribution in [2.24, 2.45) is 0 Å². The highest BCUT2D eigenvalue weighted by atomic mass is 14.2. The number of fused-ring (bicyclic) bond motifs is 11. The Morgan fingerprint density at radius 2 is 0.540 bits per heavy atom. The maximum atomic E-state index is 2.50. The summed E-state index contributed by atoms with van der Waals surface area (Å²) in [7, 11) is 0. The minimum absolute atomic E-state index is 1.28. The van der Waals surface area contributed by atoms with Crippen LogP contribution in [0.3, 0.4) is 0 Å². The van der Waals surface area contributed by atoms with Crippen LogP contribution >= 0.6 is 0 Å². The van der Waals surface area contributed by atoms with Crippen LogP contribution in [0.25, 0.3) is 108 Å². The molecule has 0 bridgehead atoms. The van der Waals surface area contributed by atoms with Gasteiger partial charge in [-0.05, 0) is 160 Å². The van der Waals surface area contributed by atoms with Crippen molar-refractivity contribution in [3.63, 3.8) is 0 Å². The molecule has 0 spiro atoms. The van der Waals surface area contributed by atoms with Crippen LogP contribution < -0.4 is 0 Å². The van der Waals surface area contributed by atoms with Crippen LogP contribution in [0.5, 0.6) is 0 Å². The second kappa shape index (κ2) is 9.80. The Bertz CT molecular complexity index is 2970. The van der Waals surface area contributed by atoms with Crippen molar-refractivity contribution in [1.29, 1.82) is 0 Å². The molecular weight excluding hydrogens is 601 g/mol. The molecule has 0 heterocycles. The molecule has 50 heavy (non-hydrogen) atoms. The maximum Gasteiger partial charge on any atom is -0.00199 e. The highest BCUT2D eigenvalue weighted by Gasteiger charge is 2.19. The lowest BCUT2D eigenvalue weighted by molar-refractivity contribution is 1.38. The van der Waals surface area contributed by atoms with Crippen LogP contribution in [0, 0.1) is 27.7 Å². The van der Waals surface area contributed by atoms with Crippen LogP contribution in [-0.4, -0.2) is 0 Å². The molecule has 0 radical (unpaired) electrons. The van der Waals surface area contributed by atoms with E-state index >= 15 is 0 Å². The van der Waals surface area contributed by atoms with Gasteiger partial charge >= 0.3 is 0 Å². The fourth-order valence-corrected chi connectivity index (χ4v) is 9.50. The van der Waals surface area contributed by atoms with Gasteiger partial charge in [0.05, 0.1) is 0 Å². The van der Waals surface area contributed by atoms with Gasteiger partial charge in [0.1, 0.15) is 0 Å². The second-order valence-corrected chi connectivity index (χ2v) is 14.8. The summed E-state index contributed by atoms with van der Waals surface area (Å²) in [4.78, 5) is 0. The van der Waals surface area contributed by atoms with E-state index < -0.39 is 0 Å². The largest absolute Gasteiger partial charge is 0.0610 e. The van der Waals surface area contributed by atoms with Gasteiger partial charge in [0, 0.05) is 0 Å². The lowest BCUT2D eigenvalue weighted by atomic mass is 9.91. The standard InChI is InChI=1S/C50H34/c1-27-17-28(2)20-33(19-27)31-11-13-35-39-7-5-9-41-37-15-16-38-42-10-6-8-40-36-14-12-32(34-21-29(3)18-30(4)22-34)24-44(36)48(50(40)42)26-46(38)45(37)25-47(49(39)41)43(35)23-31/h5-26H,1-4H3. The minimum atomic E-state index is 1.28. The van der Waals surface area contributed by atoms with E-state index in [9.17, 15) is 0 Å². The summed E-state index contributed by atoms with van der Waals surface area (Å²) in [6, 6.07) is 51.5. The third kappa shape index (κ3) is 3.77. The molecule has 0 nitrogen and oxygen atoms in total. The molecule has 11 aromatic rings. The van der Waals surface area contributed by atoms with E-state index in [-0.39, 0.29) is 0 Å². The first-order valence-electron chi connectivity index (χ1n) is 17.7. The molecule has 0 heteroatoms. The van der Waals surface area contributed by atoms with Crippen molar-refractivity contribution in [2.75, 3.05) is 0 Å². The second-order valence-electron chi connectivity index (χ2n) is 14.8. The predicted octanol–water partition coefficient (Wildman–Crippen LogP) is 14.4. The average molecular weight is 635 g/mol. The van der Waals surface area contributed by atoms with E-state index in [0.717, 1.165) is 0 Å². The first-order valence-corrected chi connectivity index (χ1v) is 17.7. The van der Waals surface area contributed by atoms with Crippen molar-refractivity contribution >= 4 is 86.2 Å². The summed E-state index contributed by atoms with van der Waals surface area (Å²) in [5, 5.41) is 21.5. The van der Waals surface area contributed by atoms with Crippen LogP contribution in [0.4, 0.5) is 0 Å². The van der Waals surface area contributed by atoms with Crippen LogP contribution in [0.15, 0.2) is 133 Å². The summed E-state index contributed by atoms with van der Waals surface area (Å²) in [6.07, 6.45) is 0. The zero-order chi connectivity index (χ0) is 33.4. The van der Waals surface area contributed by atoms with Gasteiger partial charge in [0.15, 0.2) is 0 Å². The zero-order valence-electron chi connectivity index (χ0n) is 28.7. The van der Waals surface area contributed by atoms with Gasteiger partial charge in [0.2, 0.25) is 0 Å². The molecule has 0 aliphatic carbocycles. The van der Waals surface area contributed by atoms with Crippen LogP contribution in [0.1, 0.15) is 22.3 Å². The Kier molecular flexibility index (Phi) is 5.47. The Labute approximate surface area is 290 Å². The Hall–Kier alpha value is -5.98. The molecule has 0 saturated carbocycles. The number of benzene rings is 9. The van der Waals surface area contributed by atoms with Gasteiger partial charge in [-0.25, -0.2) is 0 Å². The number of hydrogen-bond donors (Lipinski definition) is 0. The highest BCUT2D eigenvalue weighted by Crippen LogP contribution is 2.48. The Balaban J connectivity index is 1.25. The monoisotopic (exact) mass is 634 g/mol. The lowest BCUT2D eigenvalue weighted by Gasteiger charge is -2.12. The fourth-order valence-electron chi connectivity index (χ4n) is 9.50. The Morgan fingerprint density at radius 3 is 0.900 bits per heavy atom. The molecule has 0 aromatic heterocycles. The normalized spacial score (nSPS) is 12.4. The van der Waals surface area contributed by atoms with Crippen molar-refractivity contribution < 1.29 is 0 Å². The number of rotatable bonds is 2. The lowest BCUT2D eigenvalue weighted by Crippen LogP contribution is -1.84. The van der Waals surface area contributed by atoms with Gasteiger partial charge in [-0.3, -0.25) is 0 Å². The summed E-state index contributed by atoms with van der Waals surface area (Å²) in [5.41, 5.74) is 10.3. The van der Waals surface area contributed by atoms with Gasteiger partial charge in [-0.2, -0.15) is 0 Å². The number of hydrogen-bond acceptors (Lipinski definition) is 0. The third-order valence-electron chi connectivity index (χ3n) is 11.4. The number of aryl methyl sites for hydroxylation is 4. The first-order chi connectivity index (χ1) is 24.4. The fraction of sp³-hybridized carbons (Fsp3) is 0.0800. The predicted molar refractivity (Wildman–Crippen MR) is 219 cm³/mol. The average Bonchev–Trinajstić information content (AvgIpc) is 3.61. The molecule has 0 unspecified atom stereocenters. The van der Waals surface area contributed by atoms with E-state index in [2.05, 4.69) is 161 Å². The molecule has 11 rings (SSSR count). The third-order valence-corrected chi connectivity index (χ3v) is 11.4. The quantitative estimate of drug-likeness (QED) is 0.166. The van der Waals surface area contributed by atoms with E-state index in [4.69, 9.17) is 0 Å². The SMILES string of the molecule is Cc1cc(C)cc(-c2ccc3c(c2)c2cc4c5cc6c7cc(-c8cc(C)cc(C)c8)ccc7c7cccc(c5ccc4c4cccc3c42)c76)c1. The highest BCUT2D eigenvalue weighted by molar-refractivity contribution is 6.40. The van der Waals surface area contributed by atoms with Crippen molar-refractivity contribution in [1.82, 2.24) is 0 Å². The van der Waals surface area contributed by atoms with Gasteiger partial charge in [-0.1, -0.05) is 131 Å². The van der Waals surface area contributed by atoms with Crippen molar-refractivity contribution in [3.8, 4) is 22.3 Å². The van der Waals surface area contributed by atoms with E-state index in [1.165, 1.54) is 131 Å². The van der Waals surface area contributed by atoms with Crippen LogP contribution in [-0.2, 0) is 0 Å². The molecule has 0 saturated heterocycles. The first kappa shape index (κ1) is 27.9. The molecule has 0 N–H and O–H groups in total. The summed E-state index contributed by atoms with van der Waals surface area (Å²) < 4.78 is 0. The van der Waals surface area contributed by atoms with E-state index in [1.807, 2.05) is 0 Å². The van der Waals surface area contributed by atoms with E-state index in [0.29, 0.717) is 0 Å². The van der Waals surface area contributed by atoms with Crippen molar-refractivity contribution in [2.45, 2.75) is 27.7 Å². The molecule has 0 aliphatic heterocycles. The van der Waals surface area contributed by atoms with E-state index in [1.54, 1.807) is 0 Å². The maximum absolute atomic E-state index is 2.50. The molecule has 0 fully saturated rings. The summed E-state index contributed by atoms with van der Waals surface area (Å²) in [5.74, 6) is 0. The molecular formula is C50H34. The zero-order valence-corrected chi connectivity index (χ0v) is 28.7.